The van der Waals surface area contributed by atoms with Crippen LogP contribution in [0.4, 0.5) is 10.2 Å². The molecule has 8 nitrogen and oxygen atoms in total. The molecule has 0 fully saturated rings. The number of aromatic carboxylic acids is 1. The second-order valence-corrected chi connectivity index (χ2v) is 10.2. The molecule has 0 bridgehead atoms. The number of carbonyl (C=O) groups is 1. The molecule has 0 saturated carbocycles. The van der Waals surface area contributed by atoms with Crippen molar-refractivity contribution in [3.63, 3.8) is 0 Å². The summed E-state index contributed by atoms with van der Waals surface area (Å²) in [6, 6.07) is 13.0. The fourth-order valence-electron chi connectivity index (χ4n) is 3.71. The molecule has 3 heterocycles. The Kier molecular flexibility index (Phi) is 5.95. The van der Waals surface area contributed by atoms with E-state index in [1.807, 2.05) is 6.07 Å². The van der Waals surface area contributed by atoms with E-state index in [0.717, 1.165) is 16.7 Å². The van der Waals surface area contributed by atoms with Crippen molar-refractivity contribution in [1.82, 2.24) is 14.4 Å². The molecule has 1 radical (unpaired) electrons. The van der Waals surface area contributed by atoms with Crippen LogP contribution in [0.1, 0.15) is 33.1 Å². The predicted octanol–water partition coefficient (Wildman–Crippen LogP) is 2.14. The van der Waals surface area contributed by atoms with E-state index in [-0.39, 0.29) is 28.0 Å². The molecule has 4 aromatic rings. The molecule has 0 amide bonds. The molecule has 1 aromatic carbocycles. The van der Waals surface area contributed by atoms with E-state index in [9.17, 15) is 24.3 Å². The van der Waals surface area contributed by atoms with Crippen LogP contribution in [-0.2, 0) is 0 Å². The van der Waals surface area contributed by atoms with Crippen LogP contribution in [0.5, 0.6) is 0 Å². The standard InChI is InChI=1S/C23H16AsFN5O3/c1-12(24-20-15(9-26)21(27)29-11-28-20)17-18(13-5-3-2-4-6-13)22(31)30-10-14(25)7-8-16(30)19(17)23(32)33/h2-8,10-12H,1H3,(H,32,33)(H2,27,28,29)/t12-/m0/s1. The van der Waals surface area contributed by atoms with Gasteiger partial charge in [-0.05, 0) is 0 Å². The molecule has 0 unspecified atom stereocenters. The van der Waals surface area contributed by atoms with Crippen LogP contribution in [0.2, 0.25) is 0 Å². The molecule has 163 valence electrons. The van der Waals surface area contributed by atoms with E-state index in [4.69, 9.17) is 5.73 Å². The van der Waals surface area contributed by atoms with E-state index < -0.39 is 37.8 Å². The van der Waals surface area contributed by atoms with Crippen molar-refractivity contribution >= 4 is 37.5 Å². The number of carboxylic acid groups (broad SMARTS) is 1. The van der Waals surface area contributed by atoms with E-state index >= 15 is 0 Å². The Morgan fingerprint density at radius 2 is 1.97 bits per heavy atom. The first-order valence-corrected chi connectivity index (χ1v) is 11.7. The van der Waals surface area contributed by atoms with Gasteiger partial charge < -0.3 is 0 Å². The van der Waals surface area contributed by atoms with E-state index in [0.29, 0.717) is 15.6 Å². The minimum absolute atomic E-state index is 0.0424. The van der Waals surface area contributed by atoms with Crippen molar-refractivity contribution in [2.45, 2.75) is 11.6 Å². The number of anilines is 1. The number of fused-ring (bicyclic) bond motifs is 1. The van der Waals surface area contributed by atoms with Crippen LogP contribution < -0.4 is 15.8 Å². The molecule has 0 spiro atoms. The second kappa shape index (κ2) is 8.85. The molecule has 0 saturated heterocycles. The quantitative estimate of drug-likeness (QED) is 0.398. The van der Waals surface area contributed by atoms with Crippen LogP contribution in [0.15, 0.2) is 59.8 Å². The second-order valence-electron chi connectivity index (χ2n) is 7.12. The first kappa shape index (κ1) is 22.2. The van der Waals surface area contributed by atoms with Crippen molar-refractivity contribution in [2.75, 3.05) is 5.73 Å². The predicted molar refractivity (Wildman–Crippen MR) is 121 cm³/mol. The maximum atomic E-state index is 14.0. The number of carboxylic acids is 1. The fourth-order valence-corrected chi connectivity index (χ4v) is 6.16. The number of benzene rings is 1. The van der Waals surface area contributed by atoms with E-state index in [1.165, 1.54) is 12.4 Å². The Bertz CT molecular complexity index is 1500. The number of pyridine rings is 2. The minimum atomic E-state index is -1.25. The number of nitrogens with two attached hydrogens (primary N) is 1. The van der Waals surface area contributed by atoms with Gasteiger partial charge in [0.05, 0.1) is 0 Å². The number of nitrogens with zero attached hydrogens (tertiary/aromatic N) is 4. The van der Waals surface area contributed by atoms with E-state index in [1.54, 1.807) is 37.3 Å². The third-order valence-electron chi connectivity index (χ3n) is 5.12. The van der Waals surface area contributed by atoms with Gasteiger partial charge in [-0.2, -0.15) is 0 Å². The molecule has 4 rings (SSSR count). The van der Waals surface area contributed by atoms with E-state index in [2.05, 4.69) is 9.97 Å². The molecule has 0 aliphatic rings. The Balaban J connectivity index is 2.06. The van der Waals surface area contributed by atoms with Gasteiger partial charge in [0.25, 0.3) is 0 Å². The molecule has 3 N–H and O–H groups in total. The summed E-state index contributed by atoms with van der Waals surface area (Å²) < 4.78 is 15.0. The fraction of sp³-hybridized carbons (Fsp3) is 0.0870. The van der Waals surface area contributed by atoms with Crippen molar-refractivity contribution in [1.29, 1.82) is 5.26 Å². The molecule has 3 aromatic heterocycles. The number of hydrogen-bond donors (Lipinski definition) is 2. The van der Waals surface area contributed by atoms with Gasteiger partial charge in [0.1, 0.15) is 0 Å². The molecular weight excluding hydrogens is 488 g/mol. The molecule has 0 aliphatic carbocycles. The van der Waals surface area contributed by atoms with Crippen LogP contribution in [-0.4, -0.2) is 41.2 Å². The van der Waals surface area contributed by atoms with Gasteiger partial charge >= 0.3 is 194 Å². The van der Waals surface area contributed by atoms with Gasteiger partial charge in [-0.15, -0.1) is 0 Å². The number of halogens is 1. The third-order valence-corrected chi connectivity index (χ3v) is 7.70. The number of rotatable bonds is 5. The molecule has 10 heteroatoms. The molecule has 33 heavy (non-hydrogen) atoms. The molecule has 1 atom stereocenters. The maximum absolute atomic E-state index is 14.0. The summed E-state index contributed by atoms with van der Waals surface area (Å²) in [6.07, 6.45) is 2.24. The molecule has 0 aliphatic heterocycles. The van der Waals surface area contributed by atoms with Crippen molar-refractivity contribution in [2.24, 2.45) is 0 Å². The Labute approximate surface area is 193 Å². The zero-order chi connectivity index (χ0) is 23.7. The summed E-state index contributed by atoms with van der Waals surface area (Å²) in [4.78, 5) is 34.0. The summed E-state index contributed by atoms with van der Waals surface area (Å²) in [5.41, 5.74) is 6.39. The van der Waals surface area contributed by atoms with Gasteiger partial charge in [0, 0.05) is 0 Å². The first-order chi connectivity index (χ1) is 15.8. The zero-order valence-electron chi connectivity index (χ0n) is 17.2. The van der Waals surface area contributed by atoms with Crippen LogP contribution in [0.3, 0.4) is 0 Å². The third kappa shape index (κ3) is 3.97. The summed E-state index contributed by atoms with van der Waals surface area (Å²) in [7, 11) is 0. The van der Waals surface area contributed by atoms with Gasteiger partial charge in [0.15, 0.2) is 0 Å². The number of hydrogen-bond acceptors (Lipinski definition) is 6. The number of aromatic nitrogens is 3. The van der Waals surface area contributed by atoms with Gasteiger partial charge in [0.2, 0.25) is 0 Å². The number of nitrogen functional groups attached to an aromatic ring is 1. The van der Waals surface area contributed by atoms with Crippen molar-refractivity contribution in [3.8, 4) is 17.2 Å². The summed E-state index contributed by atoms with van der Waals surface area (Å²) in [6.45, 7) is 1.78. The van der Waals surface area contributed by atoms with Crippen molar-refractivity contribution in [3.05, 3.63) is 87.9 Å². The Hall–Kier alpha value is -4.02. The Morgan fingerprint density at radius 1 is 1.24 bits per heavy atom. The van der Waals surface area contributed by atoms with Gasteiger partial charge in [-0.1, -0.05) is 0 Å². The SMILES string of the molecule is C[C@H]([As]c1ncnc(N)c1C#N)c1c(-c2ccccc2)c(=O)n2cc(F)ccc2c1C(=O)O. The van der Waals surface area contributed by atoms with Gasteiger partial charge in [-0.25, -0.2) is 0 Å². The van der Waals surface area contributed by atoms with Gasteiger partial charge in [-0.3, -0.25) is 0 Å². The zero-order valence-corrected chi connectivity index (χ0v) is 19.1. The normalized spacial score (nSPS) is 12.2. The van der Waals surface area contributed by atoms with Crippen LogP contribution in [0.25, 0.3) is 16.6 Å². The van der Waals surface area contributed by atoms with Crippen LogP contribution >= 0.6 is 0 Å². The topological polar surface area (TPSA) is 134 Å². The summed E-state index contributed by atoms with van der Waals surface area (Å²) >= 11 is -0.940. The van der Waals surface area contributed by atoms with Crippen LogP contribution in [0, 0.1) is 17.1 Å². The number of nitriles is 1. The van der Waals surface area contributed by atoms with Crippen molar-refractivity contribution < 1.29 is 14.3 Å². The Morgan fingerprint density at radius 3 is 2.64 bits per heavy atom. The summed E-state index contributed by atoms with van der Waals surface area (Å²) in [5.74, 6) is -1.87. The monoisotopic (exact) mass is 504 g/mol. The average molecular weight is 504 g/mol. The average Bonchev–Trinajstić information content (AvgIpc) is 2.79. The first-order valence-electron chi connectivity index (χ1n) is 9.71. The summed E-state index contributed by atoms with van der Waals surface area (Å²) in [5, 5.41) is 19.7. The molecular formula is C23H16AsFN5O3.